The molecule has 0 bridgehead atoms. The number of aryl methyl sites for hydroxylation is 1. The van der Waals surface area contributed by atoms with Crippen molar-refractivity contribution in [3.63, 3.8) is 0 Å². The van der Waals surface area contributed by atoms with Crippen molar-refractivity contribution in [1.82, 2.24) is 20.0 Å². The molecule has 0 saturated carbocycles. The van der Waals surface area contributed by atoms with Crippen LogP contribution in [0.25, 0.3) is 0 Å². The number of halogens is 2. The number of hydrogen-bond donors (Lipinski definition) is 4. The van der Waals surface area contributed by atoms with Gasteiger partial charge in [-0.2, -0.15) is 0 Å². The van der Waals surface area contributed by atoms with Gasteiger partial charge in [0, 0.05) is 6.54 Å². The number of likely N-dealkylation sites (N-methyl/N-ethyl adjacent to an activating group) is 1. The molecule has 0 fully saturated rings. The third kappa shape index (κ3) is 10.1. The number of nitrogen functional groups attached to an aromatic ring is 2. The van der Waals surface area contributed by atoms with Crippen molar-refractivity contribution in [3.05, 3.63) is 46.2 Å². The summed E-state index contributed by atoms with van der Waals surface area (Å²) in [5.74, 6) is -0.596. The van der Waals surface area contributed by atoms with E-state index in [0.717, 1.165) is 30.5 Å². The van der Waals surface area contributed by atoms with Gasteiger partial charge in [0.25, 0.3) is 5.91 Å². The van der Waals surface area contributed by atoms with Gasteiger partial charge < -0.3 is 38.2 Å². The van der Waals surface area contributed by atoms with Gasteiger partial charge in [0.15, 0.2) is 22.5 Å². The molecule has 0 atom stereocenters. The third-order valence-corrected chi connectivity index (χ3v) is 6.75. The van der Waals surface area contributed by atoms with Crippen LogP contribution < -0.4 is 38.5 Å². The first-order chi connectivity index (χ1) is 15.4. The predicted octanol–water partition coefficient (Wildman–Crippen LogP) is -1.69. The molecule has 6 N–H and O–H groups in total. The number of carbonyl (C=O) groups excluding carboxylic acids is 1. The Morgan fingerprint density at radius 2 is 1.68 bits per heavy atom. The standard InChI is InChI=1S/C21H32ClN7O3S.BrH/c1-15-6-8-16(9-7-15)14-33(31,32)26-10-4-5-12-29(2,3)13-11-25-21(30)17-19(23)28-20(24)18(22)27-17;/h6-9,26H,4-5,10-14H2,1-3H3,(H4-,23,24,25,28,30);1H. The van der Waals surface area contributed by atoms with Crippen LogP contribution in [0.4, 0.5) is 11.6 Å². The third-order valence-electron chi connectivity index (χ3n) is 5.11. The molecule has 1 heterocycles. The van der Waals surface area contributed by atoms with Crippen molar-refractivity contribution in [2.24, 2.45) is 0 Å². The second-order valence-electron chi connectivity index (χ2n) is 8.62. The van der Waals surface area contributed by atoms with Gasteiger partial charge in [-0.05, 0) is 25.3 Å². The number of benzene rings is 1. The van der Waals surface area contributed by atoms with Gasteiger partial charge in [0.2, 0.25) is 10.0 Å². The fourth-order valence-corrected chi connectivity index (χ4v) is 4.44. The van der Waals surface area contributed by atoms with E-state index in [1.165, 1.54) is 0 Å². The molecule has 0 saturated heterocycles. The van der Waals surface area contributed by atoms with Crippen molar-refractivity contribution >= 4 is 39.2 Å². The molecule has 1 aromatic heterocycles. The number of quaternary nitrogens is 1. The highest BCUT2D eigenvalue weighted by molar-refractivity contribution is 7.88. The fraction of sp³-hybridized carbons (Fsp3) is 0.476. The Morgan fingerprint density at radius 1 is 1.03 bits per heavy atom. The first-order valence-electron chi connectivity index (χ1n) is 10.6. The van der Waals surface area contributed by atoms with Crippen molar-refractivity contribution in [1.29, 1.82) is 0 Å². The zero-order chi connectivity index (χ0) is 24.6. The Morgan fingerprint density at radius 3 is 2.32 bits per heavy atom. The molecular weight excluding hydrogens is 546 g/mol. The highest BCUT2D eigenvalue weighted by atomic mass is 79.9. The minimum Gasteiger partial charge on any atom is -1.00 e. The van der Waals surface area contributed by atoms with E-state index in [4.69, 9.17) is 23.1 Å². The van der Waals surface area contributed by atoms with E-state index in [1.807, 2.05) is 45.3 Å². The largest absolute Gasteiger partial charge is 1.00 e. The fourth-order valence-electron chi connectivity index (χ4n) is 3.12. The summed E-state index contributed by atoms with van der Waals surface area (Å²) in [6, 6.07) is 7.47. The van der Waals surface area contributed by atoms with Crippen LogP contribution in [0.1, 0.15) is 34.5 Å². The molecule has 0 aliphatic rings. The van der Waals surface area contributed by atoms with Gasteiger partial charge >= 0.3 is 0 Å². The van der Waals surface area contributed by atoms with Gasteiger partial charge in [-0.3, -0.25) is 4.79 Å². The number of rotatable bonds is 12. The molecule has 190 valence electrons. The monoisotopic (exact) mass is 577 g/mol. The van der Waals surface area contributed by atoms with E-state index in [-0.39, 0.29) is 45.2 Å². The first kappa shape index (κ1) is 30.0. The summed E-state index contributed by atoms with van der Waals surface area (Å²) in [5.41, 5.74) is 13.0. The highest BCUT2D eigenvalue weighted by Crippen LogP contribution is 2.17. The molecule has 0 aliphatic heterocycles. The second-order valence-corrected chi connectivity index (χ2v) is 10.8. The summed E-state index contributed by atoms with van der Waals surface area (Å²) in [5, 5.41) is 2.69. The van der Waals surface area contributed by atoms with Gasteiger partial charge in [-0.15, -0.1) is 0 Å². The molecule has 0 aliphatic carbocycles. The van der Waals surface area contributed by atoms with Crippen LogP contribution in [0.15, 0.2) is 24.3 Å². The summed E-state index contributed by atoms with van der Waals surface area (Å²) in [4.78, 5) is 20.0. The lowest BCUT2D eigenvalue weighted by Crippen LogP contribution is -3.00. The number of hydrogen-bond acceptors (Lipinski definition) is 7. The number of aromatic nitrogens is 2. The Kier molecular flexibility index (Phi) is 11.7. The van der Waals surface area contributed by atoms with Crippen LogP contribution >= 0.6 is 11.6 Å². The summed E-state index contributed by atoms with van der Waals surface area (Å²) in [6.45, 7) is 4.25. The summed E-state index contributed by atoms with van der Waals surface area (Å²) >= 11 is 5.81. The smallest absolute Gasteiger partial charge is 0.273 e. The van der Waals surface area contributed by atoms with E-state index in [9.17, 15) is 13.2 Å². The molecule has 13 heteroatoms. The molecule has 0 unspecified atom stereocenters. The van der Waals surface area contributed by atoms with Gasteiger partial charge in [-0.25, -0.2) is 23.1 Å². The topological polar surface area (TPSA) is 153 Å². The van der Waals surface area contributed by atoms with E-state index in [2.05, 4.69) is 20.0 Å². The summed E-state index contributed by atoms with van der Waals surface area (Å²) < 4.78 is 27.8. The minimum absolute atomic E-state index is 0. The quantitative estimate of drug-likeness (QED) is 0.173. The first-order valence-corrected chi connectivity index (χ1v) is 12.6. The number of carbonyl (C=O) groups is 1. The average Bonchev–Trinajstić information content (AvgIpc) is 2.71. The Bertz CT molecular complexity index is 1070. The van der Waals surface area contributed by atoms with Crippen molar-refractivity contribution in [3.8, 4) is 0 Å². The van der Waals surface area contributed by atoms with Crippen molar-refractivity contribution in [2.75, 3.05) is 51.7 Å². The van der Waals surface area contributed by atoms with Crippen LogP contribution in [0.5, 0.6) is 0 Å². The molecule has 0 radical (unpaired) electrons. The Hall–Kier alpha value is -1.99. The van der Waals surface area contributed by atoms with Gasteiger partial charge in [0.05, 0.1) is 39.5 Å². The number of nitrogens with zero attached hydrogens (tertiary/aromatic N) is 3. The maximum Gasteiger partial charge on any atom is 0.273 e. The van der Waals surface area contributed by atoms with E-state index >= 15 is 0 Å². The normalized spacial score (nSPS) is 11.6. The SMILES string of the molecule is Cc1ccc(CS(=O)(=O)NCCCC[N+](C)(C)CCNC(=O)c2nc(Cl)c(N)nc2N)cc1.[Br-]. The molecule has 10 nitrogen and oxygen atoms in total. The van der Waals surface area contributed by atoms with Crippen molar-refractivity contribution in [2.45, 2.75) is 25.5 Å². The molecule has 1 amide bonds. The van der Waals surface area contributed by atoms with Crippen LogP contribution in [0.2, 0.25) is 5.15 Å². The Balaban J connectivity index is 0.00000578. The number of amides is 1. The summed E-state index contributed by atoms with van der Waals surface area (Å²) in [7, 11) is 0.723. The van der Waals surface area contributed by atoms with E-state index < -0.39 is 15.9 Å². The van der Waals surface area contributed by atoms with Gasteiger partial charge in [-0.1, -0.05) is 41.4 Å². The number of unbranched alkanes of at least 4 members (excludes halogenated alkanes) is 1. The summed E-state index contributed by atoms with van der Waals surface area (Å²) in [6.07, 6.45) is 1.55. The number of nitrogens with two attached hydrogens (primary N) is 2. The second kappa shape index (κ2) is 13.2. The van der Waals surface area contributed by atoms with Crippen LogP contribution in [0.3, 0.4) is 0 Å². The molecule has 0 spiro atoms. The highest BCUT2D eigenvalue weighted by Gasteiger charge is 2.19. The number of sulfonamides is 1. The van der Waals surface area contributed by atoms with E-state index in [1.54, 1.807) is 0 Å². The van der Waals surface area contributed by atoms with Crippen LogP contribution in [-0.4, -0.2) is 69.1 Å². The molecular formula is C21H33BrClN7O3S. The maximum atomic E-state index is 12.3. The zero-order valence-electron chi connectivity index (χ0n) is 19.6. The Labute approximate surface area is 216 Å². The molecule has 2 aromatic rings. The molecule has 2 rings (SSSR count). The minimum atomic E-state index is -3.36. The predicted molar refractivity (Wildman–Crippen MR) is 131 cm³/mol. The number of anilines is 2. The van der Waals surface area contributed by atoms with Crippen molar-refractivity contribution < 1.29 is 34.7 Å². The van der Waals surface area contributed by atoms with Crippen LogP contribution in [-0.2, 0) is 15.8 Å². The maximum absolute atomic E-state index is 12.3. The molecule has 1 aromatic carbocycles. The zero-order valence-corrected chi connectivity index (χ0v) is 22.8. The van der Waals surface area contributed by atoms with E-state index in [0.29, 0.717) is 24.1 Å². The lowest BCUT2D eigenvalue weighted by molar-refractivity contribution is -0.889. The van der Waals surface area contributed by atoms with Crippen LogP contribution in [0, 0.1) is 6.92 Å². The lowest BCUT2D eigenvalue weighted by Gasteiger charge is -2.30. The molecule has 34 heavy (non-hydrogen) atoms. The average molecular weight is 579 g/mol. The van der Waals surface area contributed by atoms with Gasteiger partial charge in [0.1, 0.15) is 0 Å². The number of nitrogens with one attached hydrogen (secondary N) is 2. The lowest BCUT2D eigenvalue weighted by atomic mass is 10.2.